The molecular formula is C28H31BrN4O5. The molecule has 0 bridgehead atoms. The molecule has 1 amide bonds. The van der Waals surface area contributed by atoms with Crippen molar-refractivity contribution >= 4 is 44.5 Å². The second-order valence-electron chi connectivity index (χ2n) is 8.53. The van der Waals surface area contributed by atoms with Crippen LogP contribution in [0.5, 0.6) is 0 Å². The van der Waals surface area contributed by atoms with Crippen LogP contribution in [0.1, 0.15) is 44.0 Å². The van der Waals surface area contributed by atoms with Gasteiger partial charge in [-0.1, -0.05) is 52.9 Å². The third-order valence-corrected chi connectivity index (χ3v) is 5.88. The molecule has 0 saturated carbocycles. The number of aryl methyl sites for hydroxylation is 1. The molecule has 9 nitrogen and oxygen atoms in total. The first-order chi connectivity index (χ1) is 18.3. The van der Waals surface area contributed by atoms with Gasteiger partial charge >= 0.3 is 5.97 Å². The fraction of sp³-hybridized carbons (Fsp3) is 0.321. The van der Waals surface area contributed by atoms with E-state index in [9.17, 15) is 14.4 Å². The average Bonchev–Trinajstić information content (AvgIpc) is 2.87. The van der Waals surface area contributed by atoms with Gasteiger partial charge < -0.3 is 14.0 Å². The van der Waals surface area contributed by atoms with Crippen molar-refractivity contribution in [1.82, 2.24) is 14.0 Å². The Morgan fingerprint density at radius 2 is 2.05 bits per heavy atom. The van der Waals surface area contributed by atoms with Gasteiger partial charge in [-0.05, 0) is 45.4 Å². The van der Waals surface area contributed by atoms with Crippen LogP contribution in [0.2, 0.25) is 0 Å². The number of esters is 1. The molecular weight excluding hydrogens is 552 g/mol. The Balaban J connectivity index is 2.29. The first kappa shape index (κ1) is 28.9. The van der Waals surface area contributed by atoms with E-state index < -0.39 is 11.9 Å². The number of fused-ring (bicyclic) bond motifs is 2. The maximum Gasteiger partial charge on any atom is 0.341 e. The summed E-state index contributed by atoms with van der Waals surface area (Å²) in [5, 5.41) is 0.212. The molecule has 0 aliphatic carbocycles. The van der Waals surface area contributed by atoms with Gasteiger partial charge in [0.1, 0.15) is 16.9 Å². The average molecular weight is 583 g/mol. The molecule has 38 heavy (non-hydrogen) atoms. The van der Waals surface area contributed by atoms with Crippen molar-refractivity contribution in [3.63, 3.8) is 0 Å². The minimum absolute atomic E-state index is 0.0129. The highest BCUT2D eigenvalue weighted by Gasteiger charge is 2.20. The summed E-state index contributed by atoms with van der Waals surface area (Å²) in [4.78, 5) is 48.5. The lowest BCUT2D eigenvalue weighted by Crippen LogP contribution is -2.33. The number of carbonyl (C=O) groups is 2. The molecule has 0 spiro atoms. The van der Waals surface area contributed by atoms with Crippen molar-refractivity contribution in [3.05, 3.63) is 87.2 Å². The van der Waals surface area contributed by atoms with Crippen molar-refractivity contribution < 1.29 is 19.1 Å². The van der Waals surface area contributed by atoms with Crippen LogP contribution in [-0.4, -0.2) is 45.1 Å². The van der Waals surface area contributed by atoms with Crippen LogP contribution in [0.4, 0.5) is 0 Å². The maximum absolute atomic E-state index is 13.4. The molecule has 0 fully saturated rings. The monoisotopic (exact) mass is 582 g/mol. The van der Waals surface area contributed by atoms with Crippen molar-refractivity contribution in [3.8, 4) is 0 Å². The summed E-state index contributed by atoms with van der Waals surface area (Å²) in [5.74, 6) is -1.18. The summed E-state index contributed by atoms with van der Waals surface area (Å²) in [7, 11) is 0. The van der Waals surface area contributed by atoms with Crippen LogP contribution in [0.3, 0.4) is 0 Å². The summed E-state index contributed by atoms with van der Waals surface area (Å²) in [5.41, 5.74) is 0.492. The smallest absolute Gasteiger partial charge is 0.341 e. The molecule has 0 atom stereocenters. The summed E-state index contributed by atoms with van der Waals surface area (Å²) in [6.45, 7) is 10.0. The van der Waals surface area contributed by atoms with E-state index in [0.717, 1.165) is 0 Å². The first-order valence-electron chi connectivity index (χ1n) is 12.3. The number of halogens is 1. The minimum Gasteiger partial charge on any atom is -0.462 e. The number of hydrogen-bond acceptors (Lipinski definition) is 6. The van der Waals surface area contributed by atoms with E-state index in [1.807, 2.05) is 13.8 Å². The van der Waals surface area contributed by atoms with E-state index in [1.54, 1.807) is 60.2 Å². The molecule has 3 heterocycles. The second kappa shape index (κ2) is 13.8. The van der Waals surface area contributed by atoms with Crippen LogP contribution in [0.25, 0.3) is 16.7 Å². The molecule has 3 rings (SSSR count). The Kier molecular flexibility index (Phi) is 10.5. The Labute approximate surface area is 229 Å². The molecule has 200 valence electrons. The lowest BCUT2D eigenvalue weighted by atomic mass is 10.2. The normalized spacial score (nSPS) is 12.7. The molecule has 10 heteroatoms. The van der Waals surface area contributed by atoms with Gasteiger partial charge in [-0.25, -0.2) is 9.78 Å². The number of allylic oxidation sites excluding steroid dienone is 4. The number of aromatic nitrogens is 3. The van der Waals surface area contributed by atoms with Crippen LogP contribution in [-0.2, 0) is 20.8 Å². The van der Waals surface area contributed by atoms with Gasteiger partial charge in [-0.3, -0.25) is 14.0 Å². The Morgan fingerprint density at radius 1 is 1.26 bits per heavy atom. The Morgan fingerprint density at radius 3 is 2.76 bits per heavy atom. The summed E-state index contributed by atoms with van der Waals surface area (Å²) in [6, 6.07) is 6.63. The van der Waals surface area contributed by atoms with Crippen LogP contribution >= 0.6 is 15.9 Å². The number of amides is 1. The van der Waals surface area contributed by atoms with E-state index in [4.69, 9.17) is 14.5 Å². The Hall–Kier alpha value is -3.63. The van der Waals surface area contributed by atoms with Crippen LogP contribution in [0, 0.1) is 0 Å². The first-order valence-corrected chi connectivity index (χ1v) is 13.1. The van der Waals surface area contributed by atoms with E-state index in [2.05, 4.69) is 27.5 Å². The summed E-state index contributed by atoms with van der Waals surface area (Å²) >= 11 is 3.38. The van der Waals surface area contributed by atoms with Crippen molar-refractivity contribution in [1.29, 1.82) is 0 Å². The zero-order chi connectivity index (χ0) is 27.7. The molecule has 0 radical (unpaired) electrons. The molecule has 3 aromatic heterocycles. The topological polar surface area (TPSA) is 104 Å². The molecule has 0 aromatic carbocycles. The van der Waals surface area contributed by atoms with Crippen molar-refractivity contribution in [2.75, 3.05) is 13.2 Å². The summed E-state index contributed by atoms with van der Waals surface area (Å²) < 4.78 is 14.6. The van der Waals surface area contributed by atoms with Gasteiger partial charge in [0.15, 0.2) is 5.49 Å². The van der Waals surface area contributed by atoms with Gasteiger partial charge in [0.05, 0.1) is 24.5 Å². The SMILES string of the molecule is C=C/C=C\C=C(\Br)CC(=O)N=c1c(C(=O)OCC)cc2c(=O)n3ccccc3nc2n1CCCOC(C)C. The number of ether oxygens (including phenoxy) is 2. The molecule has 3 aromatic rings. The van der Waals surface area contributed by atoms with Crippen LogP contribution < -0.4 is 11.0 Å². The minimum atomic E-state index is -0.686. The highest BCUT2D eigenvalue weighted by molar-refractivity contribution is 9.11. The quantitative estimate of drug-likeness (QED) is 0.143. The Bertz CT molecular complexity index is 1530. The number of pyridine rings is 2. The lowest BCUT2D eigenvalue weighted by molar-refractivity contribution is -0.117. The van der Waals surface area contributed by atoms with Gasteiger partial charge in [0, 0.05) is 23.8 Å². The fourth-order valence-electron chi connectivity index (χ4n) is 3.71. The van der Waals surface area contributed by atoms with E-state index in [1.165, 1.54) is 10.5 Å². The van der Waals surface area contributed by atoms with Crippen LogP contribution in [0.15, 0.2) is 75.6 Å². The fourth-order valence-corrected chi connectivity index (χ4v) is 4.10. The molecule has 0 N–H and O–H groups in total. The van der Waals surface area contributed by atoms with Crippen molar-refractivity contribution in [2.24, 2.45) is 4.99 Å². The largest absolute Gasteiger partial charge is 0.462 e. The van der Waals surface area contributed by atoms with Crippen molar-refractivity contribution in [2.45, 2.75) is 46.3 Å². The molecule has 0 aliphatic rings. The third kappa shape index (κ3) is 7.23. The standard InChI is InChI=1S/C28H31BrN4O5/c1-5-7-8-12-20(29)17-24(34)31-26-22(28(36)37-6-2)18-21-25(33(26)15-11-16-38-19(3)4)30-23-13-9-10-14-32(23)27(21)35/h5,7-10,12-14,18-19H,1,6,11,15-17H2,2-4H3/b8-7-,20-12+,31-26?. The number of rotatable bonds is 11. The third-order valence-electron chi connectivity index (χ3n) is 5.34. The van der Waals surface area contributed by atoms with Gasteiger partial charge in [-0.2, -0.15) is 4.99 Å². The predicted octanol–water partition coefficient (Wildman–Crippen LogP) is 4.48. The maximum atomic E-state index is 13.4. The van der Waals surface area contributed by atoms with Gasteiger partial charge in [0.25, 0.3) is 11.5 Å². The van der Waals surface area contributed by atoms with Gasteiger partial charge in [-0.15, -0.1) is 0 Å². The van der Waals surface area contributed by atoms with E-state index >= 15 is 0 Å². The number of hydrogen-bond donors (Lipinski definition) is 0. The van der Waals surface area contributed by atoms with Gasteiger partial charge in [0.2, 0.25) is 0 Å². The highest BCUT2D eigenvalue weighted by atomic mass is 79.9. The molecule has 0 unspecified atom stereocenters. The molecule has 0 saturated heterocycles. The second-order valence-corrected chi connectivity index (χ2v) is 9.54. The summed E-state index contributed by atoms with van der Waals surface area (Å²) in [6.07, 6.45) is 8.96. The number of nitrogens with zero attached hydrogens (tertiary/aromatic N) is 4. The lowest BCUT2D eigenvalue weighted by Gasteiger charge is -2.15. The van der Waals surface area contributed by atoms with E-state index in [-0.39, 0.29) is 41.1 Å². The molecule has 0 aliphatic heterocycles. The zero-order valence-corrected chi connectivity index (χ0v) is 23.3. The zero-order valence-electron chi connectivity index (χ0n) is 21.7. The predicted molar refractivity (Wildman–Crippen MR) is 150 cm³/mol. The highest BCUT2D eigenvalue weighted by Crippen LogP contribution is 2.14. The number of carbonyl (C=O) groups excluding carboxylic acids is 2. The van der Waals surface area contributed by atoms with E-state index in [0.29, 0.717) is 35.3 Å².